The molecule has 1 aromatic rings. The number of nitrogens with one attached hydrogen (secondary N) is 1. The molecule has 1 aromatic carbocycles. The van der Waals surface area contributed by atoms with Crippen LogP contribution in [0.5, 0.6) is 0 Å². The number of amides is 3. The van der Waals surface area contributed by atoms with Crippen LogP contribution in [0.25, 0.3) is 0 Å². The average Bonchev–Trinajstić information content (AvgIpc) is 3.44. The van der Waals surface area contributed by atoms with E-state index in [1.165, 1.54) is 6.92 Å². The van der Waals surface area contributed by atoms with Crippen LogP contribution in [0.1, 0.15) is 25.3 Å². The zero-order valence-corrected chi connectivity index (χ0v) is 14.1. The first kappa shape index (κ1) is 17.0. The average molecular weight is 340 g/mol. The highest BCUT2D eigenvalue weighted by Gasteiger charge is 2.58. The minimum absolute atomic E-state index is 0.00629. The highest BCUT2D eigenvalue weighted by Crippen LogP contribution is 2.48. The largest absolute Gasteiger partial charge is 0.339 e. The van der Waals surface area contributed by atoms with Gasteiger partial charge < -0.3 is 15.1 Å². The Kier molecular flexibility index (Phi) is 4.45. The zero-order chi connectivity index (χ0) is 18.0. The predicted molar refractivity (Wildman–Crippen MR) is 90.3 cm³/mol. The van der Waals surface area contributed by atoms with Gasteiger partial charge in [0.2, 0.25) is 17.7 Å². The van der Waals surface area contributed by atoms with Crippen LogP contribution in [0, 0.1) is 16.7 Å². The minimum Gasteiger partial charge on any atom is -0.339 e. The number of hydrogen-bond acceptors (Lipinski definition) is 4. The molecular formula is C18H20N4O3. The van der Waals surface area contributed by atoms with Crippen LogP contribution in [-0.4, -0.2) is 53.7 Å². The van der Waals surface area contributed by atoms with Crippen molar-refractivity contribution in [2.24, 2.45) is 5.41 Å². The molecule has 2 aliphatic rings. The number of rotatable bonds is 3. The van der Waals surface area contributed by atoms with Crippen molar-refractivity contribution >= 4 is 23.4 Å². The fourth-order valence-corrected chi connectivity index (χ4v) is 3.07. The van der Waals surface area contributed by atoms with Crippen molar-refractivity contribution in [2.75, 3.05) is 31.5 Å². The number of anilines is 1. The van der Waals surface area contributed by atoms with Crippen LogP contribution in [0.15, 0.2) is 24.3 Å². The molecule has 2 fully saturated rings. The number of nitriles is 1. The van der Waals surface area contributed by atoms with E-state index in [4.69, 9.17) is 5.26 Å². The van der Waals surface area contributed by atoms with Crippen molar-refractivity contribution in [1.29, 1.82) is 5.26 Å². The monoisotopic (exact) mass is 340 g/mol. The van der Waals surface area contributed by atoms with Crippen molar-refractivity contribution in [1.82, 2.24) is 9.80 Å². The van der Waals surface area contributed by atoms with Gasteiger partial charge in [-0.05, 0) is 37.1 Å². The van der Waals surface area contributed by atoms with Gasteiger partial charge in [-0.15, -0.1) is 0 Å². The van der Waals surface area contributed by atoms with Gasteiger partial charge in [0.1, 0.15) is 5.41 Å². The van der Waals surface area contributed by atoms with E-state index in [9.17, 15) is 14.4 Å². The minimum atomic E-state index is -0.980. The third-order valence-corrected chi connectivity index (χ3v) is 4.88. The summed E-state index contributed by atoms with van der Waals surface area (Å²) in [6.45, 7) is 3.46. The van der Waals surface area contributed by atoms with E-state index >= 15 is 0 Å². The van der Waals surface area contributed by atoms with Gasteiger partial charge in [0, 0.05) is 38.8 Å². The summed E-state index contributed by atoms with van der Waals surface area (Å²) in [5.74, 6) is -0.440. The molecule has 0 unspecified atom stereocenters. The molecule has 3 amide bonds. The molecule has 0 atom stereocenters. The third-order valence-electron chi connectivity index (χ3n) is 4.88. The maximum absolute atomic E-state index is 12.8. The normalized spacial score (nSPS) is 18.2. The van der Waals surface area contributed by atoms with E-state index in [1.54, 1.807) is 34.1 Å². The second kappa shape index (κ2) is 6.55. The van der Waals surface area contributed by atoms with Crippen LogP contribution in [0.3, 0.4) is 0 Å². The van der Waals surface area contributed by atoms with Gasteiger partial charge in [-0.1, -0.05) is 0 Å². The molecule has 130 valence electrons. The summed E-state index contributed by atoms with van der Waals surface area (Å²) >= 11 is 0. The molecule has 7 nitrogen and oxygen atoms in total. The Bertz CT molecular complexity index is 739. The Morgan fingerprint density at radius 3 is 2.08 bits per heavy atom. The fraction of sp³-hybridized carbons (Fsp3) is 0.444. The second-order valence-electron chi connectivity index (χ2n) is 6.52. The molecule has 25 heavy (non-hydrogen) atoms. The van der Waals surface area contributed by atoms with Gasteiger partial charge in [0.15, 0.2) is 0 Å². The molecular weight excluding hydrogens is 320 g/mol. The second-order valence-corrected chi connectivity index (χ2v) is 6.52. The predicted octanol–water partition coefficient (Wildman–Crippen LogP) is 0.968. The Morgan fingerprint density at radius 1 is 1.04 bits per heavy atom. The van der Waals surface area contributed by atoms with Crippen LogP contribution in [-0.2, 0) is 14.4 Å². The van der Waals surface area contributed by atoms with Crippen molar-refractivity contribution in [3.63, 3.8) is 0 Å². The Balaban J connectivity index is 1.63. The van der Waals surface area contributed by atoms with Crippen LogP contribution in [0.4, 0.5) is 5.69 Å². The Morgan fingerprint density at radius 2 is 1.60 bits per heavy atom. The van der Waals surface area contributed by atoms with Gasteiger partial charge in [0.25, 0.3) is 0 Å². The molecule has 0 aromatic heterocycles. The van der Waals surface area contributed by atoms with Crippen molar-refractivity contribution in [3.05, 3.63) is 29.8 Å². The van der Waals surface area contributed by atoms with Gasteiger partial charge in [-0.25, -0.2) is 0 Å². The highest BCUT2D eigenvalue weighted by atomic mass is 16.2. The smallest absolute Gasteiger partial charge is 0.240 e. The topological polar surface area (TPSA) is 93.5 Å². The van der Waals surface area contributed by atoms with Gasteiger partial charge in [-0.2, -0.15) is 5.26 Å². The number of piperazine rings is 1. The summed E-state index contributed by atoms with van der Waals surface area (Å²) in [4.78, 5) is 40.2. The molecule has 0 bridgehead atoms. The van der Waals surface area contributed by atoms with Crippen molar-refractivity contribution < 1.29 is 14.4 Å². The molecule has 0 spiro atoms. The summed E-state index contributed by atoms with van der Waals surface area (Å²) in [6, 6.07) is 8.58. The lowest BCUT2D eigenvalue weighted by Gasteiger charge is -2.35. The highest BCUT2D eigenvalue weighted by molar-refractivity contribution is 6.13. The summed E-state index contributed by atoms with van der Waals surface area (Å²) in [7, 11) is 0. The Hall–Kier alpha value is -2.88. The maximum atomic E-state index is 12.8. The lowest BCUT2D eigenvalue weighted by Crippen LogP contribution is -2.53. The SMILES string of the molecule is CC(=O)N1CCN(C(=O)C2(C(=O)Nc3ccc(C#N)cc3)CC2)CC1. The number of carbonyl (C=O) groups is 3. The van der Waals surface area contributed by atoms with Crippen molar-refractivity contribution in [2.45, 2.75) is 19.8 Å². The van der Waals surface area contributed by atoms with E-state index in [1.807, 2.05) is 6.07 Å². The molecule has 1 saturated heterocycles. The third kappa shape index (κ3) is 3.33. The number of nitrogens with zero attached hydrogens (tertiary/aromatic N) is 3. The first-order chi connectivity index (χ1) is 12.0. The summed E-state index contributed by atoms with van der Waals surface area (Å²) < 4.78 is 0. The Labute approximate surface area is 146 Å². The number of benzene rings is 1. The van der Waals surface area contributed by atoms with Crippen LogP contribution >= 0.6 is 0 Å². The molecule has 3 rings (SSSR count). The van der Waals surface area contributed by atoms with Gasteiger partial charge in [-0.3, -0.25) is 14.4 Å². The first-order valence-corrected chi connectivity index (χ1v) is 8.33. The van der Waals surface area contributed by atoms with E-state index in [0.29, 0.717) is 50.3 Å². The van der Waals surface area contributed by atoms with E-state index in [-0.39, 0.29) is 17.7 Å². The molecule has 0 radical (unpaired) electrons. The summed E-state index contributed by atoms with van der Waals surface area (Å²) in [5, 5.41) is 11.6. The van der Waals surface area contributed by atoms with Gasteiger partial charge >= 0.3 is 0 Å². The molecule has 1 saturated carbocycles. The molecule has 7 heteroatoms. The number of hydrogen-bond donors (Lipinski definition) is 1. The van der Waals surface area contributed by atoms with Gasteiger partial charge in [0.05, 0.1) is 11.6 Å². The zero-order valence-electron chi connectivity index (χ0n) is 14.1. The quantitative estimate of drug-likeness (QED) is 0.830. The summed E-state index contributed by atoms with van der Waals surface area (Å²) in [5.41, 5.74) is 0.106. The molecule has 1 N–H and O–H groups in total. The fourth-order valence-electron chi connectivity index (χ4n) is 3.07. The number of carbonyl (C=O) groups excluding carboxylic acids is 3. The molecule has 1 aliphatic carbocycles. The van der Waals surface area contributed by atoms with Crippen LogP contribution in [0.2, 0.25) is 0 Å². The summed E-state index contributed by atoms with van der Waals surface area (Å²) in [6.07, 6.45) is 1.09. The lowest BCUT2D eigenvalue weighted by atomic mass is 10.0. The lowest BCUT2D eigenvalue weighted by molar-refractivity contribution is -0.146. The van der Waals surface area contributed by atoms with E-state index in [2.05, 4.69) is 5.32 Å². The van der Waals surface area contributed by atoms with Crippen molar-refractivity contribution in [3.8, 4) is 6.07 Å². The van der Waals surface area contributed by atoms with E-state index in [0.717, 1.165) is 0 Å². The van der Waals surface area contributed by atoms with Crippen LogP contribution < -0.4 is 5.32 Å². The maximum Gasteiger partial charge on any atom is 0.240 e. The standard InChI is InChI=1S/C18H20N4O3/c1-13(23)21-8-10-22(11-9-21)17(25)18(6-7-18)16(24)20-15-4-2-14(12-19)3-5-15/h2-5H,6-11H2,1H3,(H,20,24). The first-order valence-electron chi connectivity index (χ1n) is 8.33. The molecule has 1 heterocycles. The van der Waals surface area contributed by atoms with E-state index < -0.39 is 5.41 Å². The molecule has 1 aliphatic heterocycles.